The Labute approximate surface area is 117 Å². The Morgan fingerprint density at radius 3 is 2.53 bits per heavy atom. The Hall–Kier alpha value is -1.11. The third-order valence-corrected chi connectivity index (χ3v) is 3.90. The largest absolute Gasteiger partial charge is 0.192 e. The maximum absolute atomic E-state index is 9.08. The maximum atomic E-state index is 9.08. The van der Waals surface area contributed by atoms with Crippen molar-refractivity contribution in [1.82, 2.24) is 0 Å². The lowest BCUT2D eigenvalue weighted by atomic mass is 10.00. The minimum atomic E-state index is 0.700. The molecular formula is C14H9Br2N. The van der Waals surface area contributed by atoms with E-state index in [-0.39, 0.29) is 0 Å². The monoisotopic (exact) mass is 349 g/mol. The summed E-state index contributed by atoms with van der Waals surface area (Å²) < 4.78 is 1.06. The SMILES string of the molecule is N#Cc1ccccc1-c1ccc(CBr)c(Br)c1. The summed E-state index contributed by atoms with van der Waals surface area (Å²) in [6, 6.07) is 16.0. The highest BCUT2D eigenvalue weighted by molar-refractivity contribution is 9.10. The van der Waals surface area contributed by atoms with Crippen LogP contribution in [0.1, 0.15) is 11.1 Å². The van der Waals surface area contributed by atoms with E-state index >= 15 is 0 Å². The van der Waals surface area contributed by atoms with Crippen LogP contribution in [0.15, 0.2) is 46.9 Å². The molecule has 2 aromatic rings. The average Bonchev–Trinajstić information content (AvgIpc) is 2.38. The van der Waals surface area contributed by atoms with E-state index in [9.17, 15) is 0 Å². The van der Waals surface area contributed by atoms with Crippen molar-refractivity contribution in [3.8, 4) is 17.2 Å². The second-order valence-corrected chi connectivity index (χ2v) is 5.01. The van der Waals surface area contributed by atoms with Gasteiger partial charge < -0.3 is 0 Å². The Balaban J connectivity index is 2.54. The molecule has 17 heavy (non-hydrogen) atoms. The molecule has 84 valence electrons. The van der Waals surface area contributed by atoms with Crippen molar-refractivity contribution < 1.29 is 0 Å². The highest BCUT2D eigenvalue weighted by Crippen LogP contribution is 2.29. The van der Waals surface area contributed by atoms with Crippen LogP contribution in [0.3, 0.4) is 0 Å². The fourth-order valence-electron chi connectivity index (χ4n) is 1.66. The molecule has 1 nitrogen and oxygen atoms in total. The molecule has 0 amide bonds. The van der Waals surface area contributed by atoms with E-state index in [4.69, 9.17) is 5.26 Å². The normalized spacial score (nSPS) is 9.94. The van der Waals surface area contributed by atoms with Crippen LogP contribution in [0, 0.1) is 11.3 Å². The van der Waals surface area contributed by atoms with Gasteiger partial charge in [-0.3, -0.25) is 0 Å². The maximum Gasteiger partial charge on any atom is 0.0998 e. The number of halogens is 2. The number of nitriles is 1. The van der Waals surface area contributed by atoms with Crippen LogP contribution >= 0.6 is 31.9 Å². The van der Waals surface area contributed by atoms with E-state index in [1.165, 1.54) is 5.56 Å². The first kappa shape index (κ1) is 12.3. The third-order valence-electron chi connectivity index (χ3n) is 2.56. The van der Waals surface area contributed by atoms with E-state index in [1.54, 1.807) is 0 Å². The lowest BCUT2D eigenvalue weighted by Gasteiger charge is -2.07. The Morgan fingerprint density at radius 1 is 1.12 bits per heavy atom. The van der Waals surface area contributed by atoms with Gasteiger partial charge in [-0.15, -0.1) is 0 Å². The van der Waals surface area contributed by atoms with Crippen molar-refractivity contribution in [2.24, 2.45) is 0 Å². The van der Waals surface area contributed by atoms with Gasteiger partial charge in [0.15, 0.2) is 0 Å². The van der Waals surface area contributed by atoms with Crippen molar-refractivity contribution >= 4 is 31.9 Å². The van der Waals surface area contributed by atoms with Gasteiger partial charge in [0.25, 0.3) is 0 Å². The van der Waals surface area contributed by atoms with Gasteiger partial charge in [0.1, 0.15) is 0 Å². The standard InChI is InChI=1S/C14H9Br2N/c15-8-11-6-5-10(7-14(11)16)13-4-2-1-3-12(13)9-17/h1-7H,8H2. The molecule has 0 heterocycles. The molecule has 2 rings (SSSR count). The molecule has 0 aliphatic heterocycles. The van der Waals surface area contributed by atoms with Gasteiger partial charge in [-0.2, -0.15) is 5.26 Å². The number of rotatable bonds is 2. The summed E-state index contributed by atoms with van der Waals surface area (Å²) in [5.41, 5.74) is 3.92. The Morgan fingerprint density at radius 2 is 1.88 bits per heavy atom. The Kier molecular flexibility index (Phi) is 3.98. The summed E-state index contributed by atoms with van der Waals surface area (Å²) >= 11 is 6.97. The first-order valence-electron chi connectivity index (χ1n) is 5.10. The van der Waals surface area contributed by atoms with Gasteiger partial charge in [0.2, 0.25) is 0 Å². The fourth-order valence-corrected chi connectivity index (χ4v) is 3.04. The van der Waals surface area contributed by atoms with E-state index in [0.29, 0.717) is 5.56 Å². The van der Waals surface area contributed by atoms with Crippen LogP contribution < -0.4 is 0 Å². The summed E-state index contributed by atoms with van der Waals surface area (Å²) in [6.45, 7) is 0. The number of hydrogen-bond acceptors (Lipinski definition) is 1. The topological polar surface area (TPSA) is 23.8 Å². The summed E-state index contributed by atoms with van der Waals surface area (Å²) in [6.07, 6.45) is 0. The van der Waals surface area contributed by atoms with Crippen LogP contribution in [0.4, 0.5) is 0 Å². The lowest BCUT2D eigenvalue weighted by molar-refractivity contribution is 1.39. The number of benzene rings is 2. The van der Waals surface area contributed by atoms with Gasteiger partial charge in [-0.25, -0.2) is 0 Å². The molecule has 0 atom stereocenters. The van der Waals surface area contributed by atoms with Crippen LogP contribution in [-0.2, 0) is 5.33 Å². The molecule has 0 saturated carbocycles. The Bertz CT molecular complexity index is 585. The van der Waals surface area contributed by atoms with Gasteiger partial charge in [-0.05, 0) is 28.8 Å². The first-order chi connectivity index (χ1) is 8.26. The molecule has 2 aromatic carbocycles. The third kappa shape index (κ3) is 2.59. The second kappa shape index (κ2) is 5.48. The summed E-state index contributed by atoms with van der Waals surface area (Å²) in [5.74, 6) is 0. The number of alkyl halides is 1. The average molecular weight is 351 g/mol. The van der Waals surface area contributed by atoms with E-state index in [1.807, 2.05) is 36.4 Å². The summed E-state index contributed by atoms with van der Waals surface area (Å²) in [7, 11) is 0. The zero-order valence-electron chi connectivity index (χ0n) is 8.95. The van der Waals surface area contributed by atoms with Crippen molar-refractivity contribution in [3.63, 3.8) is 0 Å². The van der Waals surface area contributed by atoms with Gasteiger partial charge in [-0.1, -0.05) is 62.2 Å². The second-order valence-electron chi connectivity index (χ2n) is 3.60. The lowest BCUT2D eigenvalue weighted by Crippen LogP contribution is -1.86. The highest BCUT2D eigenvalue weighted by Gasteiger charge is 2.06. The first-order valence-corrected chi connectivity index (χ1v) is 7.01. The molecule has 0 saturated heterocycles. The molecule has 0 aromatic heterocycles. The predicted molar refractivity (Wildman–Crippen MR) is 76.9 cm³/mol. The molecule has 0 bridgehead atoms. The van der Waals surface area contributed by atoms with E-state index < -0.39 is 0 Å². The smallest absolute Gasteiger partial charge is 0.0998 e. The van der Waals surface area contributed by atoms with E-state index in [0.717, 1.165) is 20.9 Å². The number of nitrogens with zero attached hydrogens (tertiary/aromatic N) is 1. The van der Waals surface area contributed by atoms with Crippen molar-refractivity contribution in [2.45, 2.75) is 5.33 Å². The van der Waals surface area contributed by atoms with Crippen LogP contribution in [0.25, 0.3) is 11.1 Å². The molecule has 0 aliphatic rings. The zero-order valence-corrected chi connectivity index (χ0v) is 12.1. The summed E-state index contributed by atoms with van der Waals surface area (Å²) in [4.78, 5) is 0. The molecular weight excluding hydrogens is 342 g/mol. The fraction of sp³-hybridized carbons (Fsp3) is 0.0714. The van der Waals surface area contributed by atoms with Crippen LogP contribution in [0.5, 0.6) is 0 Å². The molecule has 0 spiro atoms. The molecule has 0 radical (unpaired) electrons. The van der Waals surface area contributed by atoms with Gasteiger partial charge >= 0.3 is 0 Å². The quantitative estimate of drug-likeness (QED) is 0.708. The zero-order chi connectivity index (χ0) is 12.3. The molecule has 3 heteroatoms. The molecule has 0 N–H and O–H groups in total. The van der Waals surface area contributed by atoms with Crippen LogP contribution in [-0.4, -0.2) is 0 Å². The van der Waals surface area contributed by atoms with Crippen molar-refractivity contribution in [3.05, 3.63) is 58.1 Å². The number of hydrogen-bond donors (Lipinski definition) is 0. The predicted octanol–water partition coefficient (Wildman–Crippen LogP) is 4.88. The van der Waals surface area contributed by atoms with Crippen molar-refractivity contribution in [2.75, 3.05) is 0 Å². The highest BCUT2D eigenvalue weighted by atomic mass is 79.9. The van der Waals surface area contributed by atoms with Gasteiger partial charge in [0.05, 0.1) is 11.6 Å². The minimum absolute atomic E-state index is 0.700. The molecule has 0 fully saturated rings. The van der Waals surface area contributed by atoms with Crippen molar-refractivity contribution in [1.29, 1.82) is 5.26 Å². The molecule has 0 aliphatic carbocycles. The minimum Gasteiger partial charge on any atom is -0.192 e. The van der Waals surface area contributed by atoms with E-state index in [2.05, 4.69) is 44.0 Å². The van der Waals surface area contributed by atoms with Gasteiger partial charge in [0, 0.05) is 9.80 Å². The molecule has 0 unspecified atom stereocenters. The van der Waals surface area contributed by atoms with Crippen LogP contribution in [0.2, 0.25) is 0 Å². The summed E-state index contributed by atoms with van der Waals surface area (Å²) in [5, 5.41) is 9.89.